The zero-order chi connectivity index (χ0) is 13.4. The smallest absolute Gasteiger partial charge is 0.140 e. The van der Waals surface area contributed by atoms with E-state index in [1.54, 1.807) is 12.1 Å². The molecule has 0 saturated carbocycles. The molecule has 0 radical (unpaired) electrons. The van der Waals surface area contributed by atoms with Crippen LogP contribution in [0.25, 0.3) is 0 Å². The van der Waals surface area contributed by atoms with Crippen LogP contribution in [-0.2, 0) is 6.54 Å². The number of thioether (sulfide) groups is 1. The van der Waals surface area contributed by atoms with Crippen molar-refractivity contribution in [3.05, 3.63) is 35.1 Å². The van der Waals surface area contributed by atoms with Crippen molar-refractivity contribution in [1.82, 2.24) is 5.32 Å². The zero-order valence-corrected chi connectivity index (χ0v) is 11.7. The second-order valence-electron chi connectivity index (χ2n) is 4.19. The van der Waals surface area contributed by atoms with Gasteiger partial charge in [-0.25, -0.2) is 4.39 Å². The highest BCUT2D eigenvalue weighted by molar-refractivity contribution is 7.99. The highest BCUT2D eigenvalue weighted by Gasteiger charge is 2.05. The lowest BCUT2D eigenvalue weighted by atomic mass is 10.1. The minimum Gasteiger partial charge on any atom is -0.310 e. The molecule has 1 atom stereocenters. The first-order valence-electron chi connectivity index (χ1n) is 6.17. The predicted molar refractivity (Wildman–Crippen MR) is 75.0 cm³/mol. The van der Waals surface area contributed by atoms with Gasteiger partial charge in [0.05, 0.1) is 5.56 Å². The maximum Gasteiger partial charge on any atom is 0.140 e. The number of hydrogen-bond acceptors (Lipinski definition) is 3. The Morgan fingerprint density at radius 2 is 2.28 bits per heavy atom. The number of nitriles is 1. The fourth-order valence-corrected chi connectivity index (χ4v) is 2.38. The first kappa shape index (κ1) is 15.0. The van der Waals surface area contributed by atoms with E-state index in [1.807, 2.05) is 17.8 Å². The molecule has 0 saturated heterocycles. The van der Waals surface area contributed by atoms with E-state index in [4.69, 9.17) is 5.26 Å². The largest absolute Gasteiger partial charge is 0.310 e. The van der Waals surface area contributed by atoms with Crippen molar-refractivity contribution in [2.45, 2.75) is 32.9 Å². The normalized spacial score (nSPS) is 12.1. The lowest BCUT2D eigenvalue weighted by molar-refractivity contribution is 0.536. The molecule has 0 aromatic heterocycles. The Labute approximate surface area is 113 Å². The minimum atomic E-state index is -0.450. The lowest BCUT2D eigenvalue weighted by Crippen LogP contribution is -2.26. The molecule has 0 spiro atoms. The van der Waals surface area contributed by atoms with E-state index in [9.17, 15) is 4.39 Å². The van der Waals surface area contributed by atoms with Crippen molar-refractivity contribution in [2.75, 3.05) is 11.5 Å². The molecule has 2 nitrogen and oxygen atoms in total. The molecular formula is C14H19FN2S. The average molecular weight is 266 g/mol. The van der Waals surface area contributed by atoms with E-state index < -0.39 is 5.82 Å². The molecule has 0 heterocycles. The number of nitrogens with one attached hydrogen (secondary N) is 1. The number of nitrogens with zero attached hydrogens (tertiary/aromatic N) is 1. The third-order valence-corrected chi connectivity index (χ3v) is 3.64. The quantitative estimate of drug-likeness (QED) is 0.769. The molecule has 0 aliphatic heterocycles. The monoisotopic (exact) mass is 266 g/mol. The summed E-state index contributed by atoms with van der Waals surface area (Å²) in [5, 5.41) is 12.1. The Morgan fingerprint density at radius 3 is 2.94 bits per heavy atom. The molecule has 1 aromatic carbocycles. The molecular weight excluding hydrogens is 247 g/mol. The van der Waals surface area contributed by atoms with E-state index in [-0.39, 0.29) is 5.56 Å². The summed E-state index contributed by atoms with van der Waals surface area (Å²) in [4.78, 5) is 0. The summed E-state index contributed by atoms with van der Waals surface area (Å²) in [5.74, 6) is 1.85. The van der Waals surface area contributed by atoms with Gasteiger partial charge in [-0.3, -0.25) is 0 Å². The third-order valence-electron chi connectivity index (χ3n) is 2.71. The molecule has 1 aromatic rings. The third kappa shape index (κ3) is 5.07. The Kier molecular flexibility index (Phi) is 6.77. The summed E-state index contributed by atoms with van der Waals surface area (Å²) in [7, 11) is 0. The van der Waals surface area contributed by atoms with E-state index in [0.717, 1.165) is 23.5 Å². The highest BCUT2D eigenvalue weighted by atomic mass is 32.2. The van der Waals surface area contributed by atoms with Crippen LogP contribution in [0, 0.1) is 17.1 Å². The van der Waals surface area contributed by atoms with Crippen LogP contribution in [0.2, 0.25) is 0 Å². The Hall–Kier alpha value is -1.05. The van der Waals surface area contributed by atoms with Crippen LogP contribution in [0.3, 0.4) is 0 Å². The molecule has 0 aliphatic rings. The molecule has 0 aliphatic carbocycles. The van der Waals surface area contributed by atoms with Crippen LogP contribution in [0.15, 0.2) is 18.2 Å². The summed E-state index contributed by atoms with van der Waals surface area (Å²) in [6, 6.07) is 6.97. The average Bonchev–Trinajstić information content (AvgIpc) is 2.38. The van der Waals surface area contributed by atoms with Gasteiger partial charge in [0.1, 0.15) is 11.9 Å². The number of rotatable bonds is 7. The van der Waals surface area contributed by atoms with Crippen molar-refractivity contribution in [2.24, 2.45) is 0 Å². The molecule has 98 valence electrons. The minimum absolute atomic E-state index is 0.114. The lowest BCUT2D eigenvalue weighted by Gasteiger charge is -2.13. The van der Waals surface area contributed by atoms with Gasteiger partial charge in [0.2, 0.25) is 0 Å². The molecule has 0 bridgehead atoms. The molecule has 1 N–H and O–H groups in total. The fraction of sp³-hybridized carbons (Fsp3) is 0.500. The summed E-state index contributed by atoms with van der Waals surface area (Å²) < 4.78 is 13.1. The van der Waals surface area contributed by atoms with Gasteiger partial charge in [0.25, 0.3) is 0 Å². The van der Waals surface area contributed by atoms with E-state index >= 15 is 0 Å². The Morgan fingerprint density at radius 1 is 1.50 bits per heavy atom. The fourth-order valence-electron chi connectivity index (χ4n) is 1.57. The molecule has 1 rings (SSSR count). The number of halogens is 1. The van der Waals surface area contributed by atoms with Gasteiger partial charge >= 0.3 is 0 Å². The standard InChI is InChI=1S/C14H19FN2S/c1-3-18-7-6-11(2)17-10-12-4-5-14(15)13(8-12)9-16/h4-5,8,11,17H,3,6-7,10H2,1-2H3. The van der Waals surface area contributed by atoms with Crippen molar-refractivity contribution in [3.63, 3.8) is 0 Å². The van der Waals surface area contributed by atoms with Crippen LogP contribution < -0.4 is 5.32 Å². The second-order valence-corrected chi connectivity index (χ2v) is 5.59. The van der Waals surface area contributed by atoms with E-state index in [1.165, 1.54) is 6.07 Å². The topological polar surface area (TPSA) is 35.8 Å². The van der Waals surface area contributed by atoms with Crippen LogP contribution in [0.5, 0.6) is 0 Å². The molecule has 4 heteroatoms. The van der Waals surface area contributed by atoms with Gasteiger partial charge in [0, 0.05) is 12.6 Å². The summed E-state index contributed by atoms with van der Waals surface area (Å²) in [6.45, 7) is 4.97. The summed E-state index contributed by atoms with van der Waals surface area (Å²) in [5.41, 5.74) is 1.06. The van der Waals surface area contributed by atoms with Crippen molar-refractivity contribution in [3.8, 4) is 6.07 Å². The summed E-state index contributed by atoms with van der Waals surface area (Å²) in [6.07, 6.45) is 1.12. The van der Waals surface area contributed by atoms with Crippen molar-refractivity contribution < 1.29 is 4.39 Å². The Balaban J connectivity index is 2.41. The second kappa shape index (κ2) is 8.12. The van der Waals surface area contributed by atoms with Crippen LogP contribution >= 0.6 is 11.8 Å². The van der Waals surface area contributed by atoms with Crippen LogP contribution in [-0.4, -0.2) is 17.5 Å². The number of hydrogen-bond donors (Lipinski definition) is 1. The molecule has 1 unspecified atom stereocenters. The van der Waals surface area contributed by atoms with Gasteiger partial charge in [0.15, 0.2) is 0 Å². The zero-order valence-electron chi connectivity index (χ0n) is 10.9. The molecule has 0 fully saturated rings. The van der Waals surface area contributed by atoms with E-state index in [2.05, 4.69) is 19.2 Å². The molecule has 0 amide bonds. The van der Waals surface area contributed by atoms with Crippen molar-refractivity contribution >= 4 is 11.8 Å². The number of benzene rings is 1. The van der Waals surface area contributed by atoms with Crippen LogP contribution in [0.4, 0.5) is 4.39 Å². The first-order chi connectivity index (χ1) is 8.67. The maximum atomic E-state index is 13.1. The van der Waals surface area contributed by atoms with Crippen LogP contribution in [0.1, 0.15) is 31.4 Å². The van der Waals surface area contributed by atoms with Gasteiger partial charge in [-0.15, -0.1) is 0 Å². The highest BCUT2D eigenvalue weighted by Crippen LogP contribution is 2.10. The maximum absolute atomic E-state index is 13.1. The van der Waals surface area contributed by atoms with E-state index in [0.29, 0.717) is 12.6 Å². The van der Waals surface area contributed by atoms with Crippen molar-refractivity contribution in [1.29, 1.82) is 5.26 Å². The predicted octanol–water partition coefficient (Wildman–Crippen LogP) is 3.32. The Bertz CT molecular complexity index is 415. The SMILES string of the molecule is CCSCCC(C)NCc1ccc(F)c(C#N)c1. The molecule has 18 heavy (non-hydrogen) atoms. The van der Waals surface area contributed by atoms with Gasteiger partial charge in [-0.1, -0.05) is 13.0 Å². The van der Waals surface area contributed by atoms with Gasteiger partial charge < -0.3 is 5.32 Å². The van der Waals surface area contributed by atoms with Gasteiger partial charge in [-0.05, 0) is 42.5 Å². The van der Waals surface area contributed by atoms with Gasteiger partial charge in [-0.2, -0.15) is 17.0 Å². The first-order valence-corrected chi connectivity index (χ1v) is 7.32. The summed E-state index contributed by atoms with van der Waals surface area (Å²) >= 11 is 1.93.